The second kappa shape index (κ2) is 6.07. The number of hydrogen-bond acceptors (Lipinski definition) is 1. The largest absolute Gasteiger partial charge is 0.492 e. The van der Waals surface area contributed by atoms with Gasteiger partial charge in [0.05, 0.1) is 11.1 Å². The molecule has 0 N–H and O–H groups in total. The number of ether oxygens (including phenoxy) is 1. The quantitative estimate of drug-likeness (QED) is 0.580. The van der Waals surface area contributed by atoms with Gasteiger partial charge in [0.15, 0.2) is 0 Å². The molecule has 1 aliphatic carbocycles. The molecule has 1 aliphatic rings. The van der Waals surface area contributed by atoms with E-state index in [0.29, 0.717) is 5.41 Å². The van der Waals surface area contributed by atoms with Gasteiger partial charge in [-0.25, -0.2) is 0 Å². The number of hydrogen-bond donors (Lipinski definition) is 0. The van der Waals surface area contributed by atoms with E-state index in [0.717, 1.165) is 22.2 Å². The highest BCUT2D eigenvalue weighted by atomic mass is 79.9. The molecule has 3 heteroatoms. The second-order valence-electron chi connectivity index (χ2n) is 5.73. The molecule has 0 heterocycles. The van der Waals surface area contributed by atoms with Crippen molar-refractivity contribution in [3.63, 3.8) is 0 Å². The maximum absolute atomic E-state index is 6.15. The summed E-state index contributed by atoms with van der Waals surface area (Å²) in [6.07, 6.45) is 5.19. The maximum Gasteiger partial charge on any atom is 0.134 e. The van der Waals surface area contributed by atoms with Crippen LogP contribution in [0.2, 0.25) is 0 Å². The molecule has 1 fully saturated rings. The fraction of sp³-hybridized carbons (Fsp3) is 0.412. The Hall–Kier alpha value is -0.540. The van der Waals surface area contributed by atoms with Gasteiger partial charge in [-0.3, -0.25) is 0 Å². The van der Waals surface area contributed by atoms with E-state index in [-0.39, 0.29) is 0 Å². The summed E-state index contributed by atoms with van der Waals surface area (Å²) in [5, 5.41) is 3.48. The average Bonchev–Trinajstić information content (AvgIpc) is 2.96. The molecular formula is C17H18Br2O. The molecule has 1 saturated carbocycles. The third-order valence-electron chi connectivity index (χ3n) is 4.31. The van der Waals surface area contributed by atoms with Crippen molar-refractivity contribution in [2.24, 2.45) is 5.41 Å². The number of alkyl halides is 1. The van der Waals surface area contributed by atoms with Crippen molar-refractivity contribution < 1.29 is 4.74 Å². The van der Waals surface area contributed by atoms with E-state index < -0.39 is 0 Å². The molecule has 0 saturated heterocycles. The minimum atomic E-state index is 0.324. The predicted molar refractivity (Wildman–Crippen MR) is 91.8 cm³/mol. The molecule has 0 amide bonds. The first kappa shape index (κ1) is 14.4. The average molecular weight is 398 g/mol. The lowest BCUT2D eigenvalue weighted by Crippen LogP contribution is -2.27. The van der Waals surface area contributed by atoms with Crippen LogP contribution in [-0.2, 0) is 0 Å². The Morgan fingerprint density at radius 1 is 1.05 bits per heavy atom. The number of benzene rings is 2. The molecule has 2 aromatic rings. The van der Waals surface area contributed by atoms with Gasteiger partial charge >= 0.3 is 0 Å². The van der Waals surface area contributed by atoms with Gasteiger partial charge in [-0.1, -0.05) is 59.1 Å². The van der Waals surface area contributed by atoms with Crippen LogP contribution in [0.5, 0.6) is 5.75 Å². The molecule has 0 aliphatic heterocycles. The van der Waals surface area contributed by atoms with Crippen LogP contribution in [0, 0.1) is 5.41 Å². The van der Waals surface area contributed by atoms with Gasteiger partial charge in [0.1, 0.15) is 5.75 Å². The smallest absolute Gasteiger partial charge is 0.134 e. The van der Waals surface area contributed by atoms with Crippen molar-refractivity contribution in [1.29, 1.82) is 0 Å². The fourth-order valence-electron chi connectivity index (χ4n) is 3.00. The molecule has 106 valence electrons. The Bertz CT molecular complexity index is 603. The molecule has 2 aromatic carbocycles. The molecular weight excluding hydrogens is 380 g/mol. The van der Waals surface area contributed by atoms with Crippen LogP contribution in [0.1, 0.15) is 25.7 Å². The Labute approximate surface area is 137 Å². The second-order valence-corrected chi connectivity index (χ2v) is 7.08. The lowest BCUT2D eigenvalue weighted by atomic mass is 9.90. The molecule has 0 spiro atoms. The summed E-state index contributed by atoms with van der Waals surface area (Å²) in [6, 6.07) is 12.6. The van der Waals surface area contributed by atoms with E-state index in [2.05, 4.69) is 68.3 Å². The van der Waals surface area contributed by atoms with E-state index in [9.17, 15) is 0 Å². The Kier molecular flexibility index (Phi) is 4.37. The third-order valence-corrected chi connectivity index (χ3v) is 6.32. The number of fused-ring (bicyclic) bond motifs is 1. The summed E-state index contributed by atoms with van der Waals surface area (Å²) in [5.41, 5.74) is 0.324. The van der Waals surface area contributed by atoms with Crippen molar-refractivity contribution >= 4 is 42.6 Å². The first-order valence-corrected chi connectivity index (χ1v) is 9.02. The maximum atomic E-state index is 6.15. The molecule has 0 bridgehead atoms. The Balaban J connectivity index is 1.82. The normalized spacial score (nSPS) is 17.5. The third kappa shape index (κ3) is 2.75. The van der Waals surface area contributed by atoms with Gasteiger partial charge in [0.2, 0.25) is 0 Å². The van der Waals surface area contributed by atoms with E-state index in [1.807, 2.05) is 0 Å². The SMILES string of the molecule is BrCC1(COc2ccc3ccccc3c2Br)CCCC1. The monoisotopic (exact) mass is 396 g/mol. The zero-order valence-corrected chi connectivity index (χ0v) is 14.5. The van der Waals surface area contributed by atoms with Crippen LogP contribution in [0.3, 0.4) is 0 Å². The van der Waals surface area contributed by atoms with Gasteiger partial charge in [-0.05, 0) is 45.6 Å². The highest BCUT2D eigenvalue weighted by molar-refractivity contribution is 9.10. The first-order valence-electron chi connectivity index (χ1n) is 7.10. The molecule has 0 radical (unpaired) electrons. The van der Waals surface area contributed by atoms with Crippen molar-refractivity contribution in [2.45, 2.75) is 25.7 Å². The fourth-order valence-corrected chi connectivity index (χ4v) is 4.33. The summed E-state index contributed by atoms with van der Waals surface area (Å²) < 4.78 is 7.21. The summed E-state index contributed by atoms with van der Waals surface area (Å²) in [4.78, 5) is 0. The molecule has 3 rings (SSSR count). The molecule has 0 aromatic heterocycles. The summed E-state index contributed by atoms with van der Waals surface area (Å²) >= 11 is 7.37. The summed E-state index contributed by atoms with van der Waals surface area (Å²) in [6.45, 7) is 0.801. The topological polar surface area (TPSA) is 9.23 Å². The lowest BCUT2D eigenvalue weighted by molar-refractivity contribution is 0.173. The van der Waals surface area contributed by atoms with Crippen LogP contribution in [0.25, 0.3) is 10.8 Å². The van der Waals surface area contributed by atoms with Crippen LogP contribution in [0.4, 0.5) is 0 Å². The first-order chi connectivity index (χ1) is 9.74. The lowest BCUT2D eigenvalue weighted by Gasteiger charge is -2.26. The molecule has 1 nitrogen and oxygen atoms in total. The number of halogens is 2. The van der Waals surface area contributed by atoms with Gasteiger partial charge in [-0.15, -0.1) is 0 Å². The molecule has 20 heavy (non-hydrogen) atoms. The van der Waals surface area contributed by atoms with Crippen LogP contribution >= 0.6 is 31.9 Å². The predicted octanol–water partition coefficient (Wildman–Crippen LogP) is 5.94. The van der Waals surface area contributed by atoms with Gasteiger partial charge in [0.25, 0.3) is 0 Å². The van der Waals surface area contributed by atoms with E-state index in [1.54, 1.807) is 0 Å². The minimum absolute atomic E-state index is 0.324. The van der Waals surface area contributed by atoms with Crippen molar-refractivity contribution in [2.75, 3.05) is 11.9 Å². The van der Waals surface area contributed by atoms with E-state index >= 15 is 0 Å². The summed E-state index contributed by atoms with van der Waals surface area (Å²) in [7, 11) is 0. The molecule has 0 unspecified atom stereocenters. The Morgan fingerprint density at radius 3 is 2.55 bits per heavy atom. The van der Waals surface area contributed by atoms with Gasteiger partial charge in [-0.2, -0.15) is 0 Å². The minimum Gasteiger partial charge on any atom is -0.492 e. The van der Waals surface area contributed by atoms with Crippen LogP contribution in [-0.4, -0.2) is 11.9 Å². The highest BCUT2D eigenvalue weighted by Crippen LogP contribution is 2.41. The van der Waals surface area contributed by atoms with Gasteiger partial charge in [0, 0.05) is 10.7 Å². The zero-order chi connectivity index (χ0) is 14.0. The Morgan fingerprint density at radius 2 is 1.80 bits per heavy atom. The zero-order valence-electron chi connectivity index (χ0n) is 11.4. The summed E-state index contributed by atoms with van der Waals surface area (Å²) in [5.74, 6) is 0.955. The van der Waals surface area contributed by atoms with E-state index in [4.69, 9.17) is 4.74 Å². The van der Waals surface area contributed by atoms with Crippen molar-refractivity contribution in [3.8, 4) is 5.75 Å². The highest BCUT2D eigenvalue weighted by Gasteiger charge is 2.33. The number of rotatable bonds is 4. The van der Waals surface area contributed by atoms with Crippen molar-refractivity contribution in [1.82, 2.24) is 0 Å². The molecule has 0 atom stereocenters. The van der Waals surface area contributed by atoms with Crippen LogP contribution < -0.4 is 4.74 Å². The van der Waals surface area contributed by atoms with E-state index in [1.165, 1.54) is 36.5 Å². The van der Waals surface area contributed by atoms with Crippen LogP contribution in [0.15, 0.2) is 40.9 Å². The standard InChI is InChI=1S/C17H18Br2O/c18-11-17(9-3-4-10-17)12-20-15-8-7-13-5-1-2-6-14(13)16(15)19/h1-2,5-8H,3-4,9-12H2. The van der Waals surface area contributed by atoms with Crippen molar-refractivity contribution in [3.05, 3.63) is 40.9 Å². The van der Waals surface area contributed by atoms with Gasteiger partial charge < -0.3 is 4.74 Å².